The minimum atomic E-state index is -3.18. The van der Waals surface area contributed by atoms with Gasteiger partial charge < -0.3 is 15.0 Å². The van der Waals surface area contributed by atoms with Crippen molar-refractivity contribution in [2.75, 3.05) is 18.7 Å². The second-order valence-electron chi connectivity index (χ2n) is 6.99. The molecular weight excluding hydrogens is 364 g/mol. The Morgan fingerprint density at radius 3 is 2.81 bits per heavy atom. The lowest BCUT2D eigenvalue weighted by molar-refractivity contribution is 0.298. The van der Waals surface area contributed by atoms with E-state index in [2.05, 4.69) is 21.4 Å². The molecule has 2 aromatic rings. The number of fused-ring (bicyclic) bond motifs is 1. The van der Waals surface area contributed by atoms with Crippen LogP contribution in [0.15, 0.2) is 35.9 Å². The van der Waals surface area contributed by atoms with Crippen molar-refractivity contribution in [2.45, 2.75) is 30.4 Å². The average Bonchev–Trinajstić information content (AvgIpc) is 3.40. The zero-order valence-corrected chi connectivity index (χ0v) is 15.9. The molecule has 0 radical (unpaired) electrons. The van der Waals surface area contributed by atoms with E-state index in [0.717, 1.165) is 23.8 Å². The van der Waals surface area contributed by atoms with Crippen LogP contribution < -0.4 is 5.32 Å². The van der Waals surface area contributed by atoms with E-state index in [0.29, 0.717) is 40.8 Å². The maximum absolute atomic E-state index is 11.8. The van der Waals surface area contributed by atoms with Gasteiger partial charge in [0.1, 0.15) is 23.3 Å². The third kappa shape index (κ3) is 3.30. The Morgan fingerprint density at radius 1 is 1.41 bits per heavy atom. The molecule has 0 aliphatic heterocycles. The average molecular weight is 384 g/mol. The van der Waals surface area contributed by atoms with Gasteiger partial charge in [-0.2, -0.15) is 5.26 Å². The first-order valence-corrected chi connectivity index (χ1v) is 10.7. The first-order valence-electron chi connectivity index (χ1n) is 8.75. The standard InChI is InChI=1S/C19H20N4O3S/c1-26-16-7-13(27(2,24)25)5-6-15(16)22-17-8-14(11-3-4-11)18-12(9-20)10-21-19(18)23-17/h6-8,10-11,13H,3-5H2,1-2H3,(H2,21,22,23). The number of allylic oxidation sites excluding steroid dienone is 1. The van der Waals surface area contributed by atoms with Crippen LogP contribution >= 0.6 is 0 Å². The minimum Gasteiger partial charge on any atom is -0.495 e. The van der Waals surface area contributed by atoms with E-state index in [1.807, 2.05) is 12.1 Å². The molecule has 140 valence electrons. The minimum absolute atomic E-state index is 0.382. The summed E-state index contributed by atoms with van der Waals surface area (Å²) < 4.78 is 29.0. The second-order valence-corrected chi connectivity index (χ2v) is 9.25. The maximum atomic E-state index is 11.8. The van der Waals surface area contributed by atoms with Crippen LogP contribution in [0.1, 0.15) is 36.3 Å². The zero-order chi connectivity index (χ0) is 19.2. The van der Waals surface area contributed by atoms with Crippen LogP contribution in [0.3, 0.4) is 0 Å². The lowest BCUT2D eigenvalue weighted by atomic mass is 10.0. The molecule has 0 aromatic carbocycles. The highest BCUT2D eigenvalue weighted by molar-refractivity contribution is 7.91. The highest BCUT2D eigenvalue weighted by Gasteiger charge is 2.29. The summed E-state index contributed by atoms with van der Waals surface area (Å²) in [5.74, 6) is 1.57. The number of anilines is 1. The van der Waals surface area contributed by atoms with Gasteiger partial charge in [-0.15, -0.1) is 0 Å². The van der Waals surface area contributed by atoms with E-state index >= 15 is 0 Å². The Balaban J connectivity index is 1.69. The van der Waals surface area contributed by atoms with Crippen molar-refractivity contribution in [1.82, 2.24) is 9.97 Å². The molecule has 2 aromatic heterocycles. The van der Waals surface area contributed by atoms with Crippen molar-refractivity contribution in [3.05, 3.63) is 47.0 Å². The Kier molecular flexibility index (Phi) is 4.19. The summed E-state index contributed by atoms with van der Waals surface area (Å²) in [5, 5.41) is 12.9. The summed E-state index contributed by atoms with van der Waals surface area (Å²) in [6.07, 6.45) is 8.95. The SMILES string of the molecule is COC1=CC(S(C)(=O)=O)CC=C1Nc1cc(C2CC2)c2c(C#N)c[nH]c2n1. The number of nitrogens with one attached hydrogen (secondary N) is 2. The van der Waals surface area contributed by atoms with Crippen molar-refractivity contribution in [3.8, 4) is 6.07 Å². The molecule has 2 aliphatic rings. The Bertz CT molecular complexity index is 1120. The Morgan fingerprint density at radius 2 is 2.19 bits per heavy atom. The lowest BCUT2D eigenvalue weighted by Gasteiger charge is -2.21. The maximum Gasteiger partial charge on any atom is 0.154 e. The molecule has 1 atom stereocenters. The molecule has 2 N–H and O–H groups in total. The number of rotatable bonds is 5. The van der Waals surface area contributed by atoms with Gasteiger partial charge >= 0.3 is 0 Å². The Labute approximate surface area is 157 Å². The summed E-state index contributed by atoms with van der Waals surface area (Å²) in [6.45, 7) is 0. The third-order valence-electron chi connectivity index (χ3n) is 5.00. The number of ether oxygens (including phenoxy) is 1. The van der Waals surface area contributed by atoms with Gasteiger partial charge in [0.25, 0.3) is 0 Å². The number of pyridine rings is 1. The van der Waals surface area contributed by atoms with Gasteiger partial charge in [-0.3, -0.25) is 0 Å². The number of hydrogen-bond donors (Lipinski definition) is 2. The van der Waals surface area contributed by atoms with Crippen molar-refractivity contribution in [3.63, 3.8) is 0 Å². The summed E-state index contributed by atoms with van der Waals surface area (Å²) in [4.78, 5) is 7.66. The van der Waals surface area contributed by atoms with Crippen LogP contribution in [0.25, 0.3) is 11.0 Å². The third-order valence-corrected chi connectivity index (χ3v) is 6.43. The van der Waals surface area contributed by atoms with Gasteiger partial charge in [0.05, 0.1) is 23.6 Å². The number of methoxy groups -OCH3 is 1. The molecule has 2 aliphatic carbocycles. The molecule has 8 heteroatoms. The molecule has 1 fully saturated rings. The van der Waals surface area contributed by atoms with E-state index in [4.69, 9.17) is 4.74 Å². The Hall–Kier alpha value is -2.79. The van der Waals surface area contributed by atoms with E-state index in [9.17, 15) is 13.7 Å². The monoisotopic (exact) mass is 384 g/mol. The predicted molar refractivity (Wildman–Crippen MR) is 103 cm³/mol. The molecule has 2 heterocycles. The molecule has 1 saturated carbocycles. The van der Waals surface area contributed by atoms with Gasteiger partial charge in [0.2, 0.25) is 0 Å². The molecule has 7 nitrogen and oxygen atoms in total. The fourth-order valence-corrected chi connectivity index (χ4v) is 4.24. The molecule has 27 heavy (non-hydrogen) atoms. The van der Waals surface area contributed by atoms with Crippen molar-refractivity contribution in [2.24, 2.45) is 0 Å². The van der Waals surface area contributed by atoms with Gasteiger partial charge in [-0.1, -0.05) is 6.08 Å². The van der Waals surface area contributed by atoms with E-state index in [1.165, 1.54) is 13.4 Å². The summed E-state index contributed by atoms with van der Waals surface area (Å²) in [7, 11) is -1.67. The van der Waals surface area contributed by atoms with E-state index < -0.39 is 15.1 Å². The fraction of sp³-hybridized carbons (Fsp3) is 0.368. The lowest BCUT2D eigenvalue weighted by Crippen LogP contribution is -2.22. The van der Waals surface area contributed by atoms with Gasteiger partial charge in [0.15, 0.2) is 9.84 Å². The topological polar surface area (TPSA) is 108 Å². The normalized spacial score (nSPS) is 20.0. The smallest absolute Gasteiger partial charge is 0.154 e. The van der Waals surface area contributed by atoms with Crippen LogP contribution in [0.4, 0.5) is 5.82 Å². The second kappa shape index (κ2) is 6.43. The molecule has 0 bridgehead atoms. The highest BCUT2D eigenvalue weighted by Crippen LogP contribution is 2.44. The number of aromatic nitrogens is 2. The van der Waals surface area contributed by atoms with Crippen molar-refractivity contribution < 1.29 is 13.2 Å². The number of nitrogens with zero attached hydrogens (tertiary/aromatic N) is 2. The van der Waals surface area contributed by atoms with Crippen molar-refractivity contribution in [1.29, 1.82) is 5.26 Å². The first-order chi connectivity index (χ1) is 12.9. The van der Waals surface area contributed by atoms with E-state index in [-0.39, 0.29) is 0 Å². The van der Waals surface area contributed by atoms with Gasteiger partial charge in [-0.25, -0.2) is 13.4 Å². The molecule has 1 unspecified atom stereocenters. The van der Waals surface area contributed by atoms with Crippen LogP contribution in [-0.2, 0) is 14.6 Å². The number of aromatic amines is 1. The molecule has 0 saturated heterocycles. The fourth-order valence-electron chi connectivity index (χ4n) is 3.42. The van der Waals surface area contributed by atoms with Crippen LogP contribution in [0, 0.1) is 11.3 Å². The predicted octanol–water partition coefficient (Wildman–Crippen LogP) is 2.95. The van der Waals surface area contributed by atoms with Crippen molar-refractivity contribution >= 4 is 26.7 Å². The van der Waals surface area contributed by atoms with Gasteiger partial charge in [0, 0.05) is 17.8 Å². The zero-order valence-electron chi connectivity index (χ0n) is 15.1. The quantitative estimate of drug-likeness (QED) is 0.820. The van der Waals surface area contributed by atoms with Crippen LogP contribution in [-0.4, -0.2) is 37.0 Å². The van der Waals surface area contributed by atoms with E-state index in [1.54, 1.807) is 12.3 Å². The van der Waals surface area contributed by atoms with Gasteiger partial charge in [-0.05, 0) is 42.9 Å². The molecule has 0 amide bonds. The summed E-state index contributed by atoms with van der Waals surface area (Å²) >= 11 is 0. The number of H-pyrrole nitrogens is 1. The summed E-state index contributed by atoms with van der Waals surface area (Å²) in [6, 6.07) is 4.20. The summed E-state index contributed by atoms with van der Waals surface area (Å²) in [5.41, 5.74) is 3.09. The number of sulfone groups is 1. The molecular formula is C19H20N4O3S. The van der Waals surface area contributed by atoms with Crippen LogP contribution in [0.2, 0.25) is 0 Å². The number of hydrogen-bond acceptors (Lipinski definition) is 6. The number of nitriles is 1. The highest BCUT2D eigenvalue weighted by atomic mass is 32.2. The van der Waals surface area contributed by atoms with Crippen LogP contribution in [0.5, 0.6) is 0 Å². The largest absolute Gasteiger partial charge is 0.495 e. The molecule has 0 spiro atoms. The molecule has 4 rings (SSSR count). The first kappa shape index (κ1) is 17.6.